The normalized spacial score (nSPS) is 16.2. The number of benzene rings is 2. The quantitative estimate of drug-likeness (QED) is 0.411. The van der Waals surface area contributed by atoms with Gasteiger partial charge in [0.05, 0.1) is 9.82 Å². The van der Waals surface area contributed by atoms with Crippen molar-refractivity contribution in [2.45, 2.75) is 36.6 Å². The molecule has 33 heavy (non-hydrogen) atoms. The average molecular weight is 474 g/mol. The number of nitro groups is 1. The molecular formula is C21H23N5O6S. The van der Waals surface area contributed by atoms with E-state index in [2.05, 4.69) is 16.2 Å². The van der Waals surface area contributed by atoms with Crippen molar-refractivity contribution in [3.05, 3.63) is 63.7 Å². The molecule has 1 aliphatic heterocycles. The van der Waals surface area contributed by atoms with Crippen molar-refractivity contribution in [2.75, 3.05) is 18.4 Å². The topological polar surface area (TPSA) is 151 Å². The number of nitrogens with one attached hydrogen (secondary N) is 3. The molecule has 12 heteroatoms. The van der Waals surface area contributed by atoms with Gasteiger partial charge in [-0.1, -0.05) is 0 Å². The van der Waals surface area contributed by atoms with E-state index >= 15 is 0 Å². The van der Waals surface area contributed by atoms with Crippen LogP contribution in [0.25, 0.3) is 0 Å². The van der Waals surface area contributed by atoms with Crippen LogP contribution in [0.15, 0.2) is 47.4 Å². The van der Waals surface area contributed by atoms with Gasteiger partial charge in [0.1, 0.15) is 5.69 Å². The highest BCUT2D eigenvalue weighted by atomic mass is 32.2. The standard InChI is InChI=1S/C21H23N5O6S/c27-20(14-3-8-17(9-4-14)33(31,32)25-11-1-2-12-25)23-24-21(28)15-5-10-18(22-16-6-7-16)19(13-15)26(29)30/h3-5,8-10,13,16,22H,1-2,6-7,11-12H2,(H,23,27)(H,24,28). The first kappa shape index (κ1) is 22.7. The molecule has 1 saturated heterocycles. The molecule has 1 aliphatic carbocycles. The van der Waals surface area contributed by atoms with Gasteiger partial charge in [-0.3, -0.25) is 30.6 Å². The molecule has 11 nitrogen and oxygen atoms in total. The van der Waals surface area contributed by atoms with Crippen molar-refractivity contribution < 1.29 is 22.9 Å². The van der Waals surface area contributed by atoms with Crippen LogP contribution in [0.3, 0.4) is 0 Å². The molecule has 2 fully saturated rings. The van der Waals surface area contributed by atoms with E-state index in [0.29, 0.717) is 18.8 Å². The van der Waals surface area contributed by atoms with Crippen LogP contribution in [0, 0.1) is 10.1 Å². The third-order valence-corrected chi connectivity index (χ3v) is 7.42. The van der Waals surface area contributed by atoms with Crippen molar-refractivity contribution in [1.82, 2.24) is 15.2 Å². The van der Waals surface area contributed by atoms with E-state index in [0.717, 1.165) is 31.7 Å². The number of hydrazine groups is 1. The number of nitro benzene ring substituents is 1. The highest BCUT2D eigenvalue weighted by Gasteiger charge is 2.28. The maximum absolute atomic E-state index is 12.6. The second-order valence-corrected chi connectivity index (χ2v) is 9.89. The maximum atomic E-state index is 12.6. The molecule has 0 radical (unpaired) electrons. The molecule has 0 aromatic heterocycles. The van der Waals surface area contributed by atoms with Crippen molar-refractivity contribution in [3.63, 3.8) is 0 Å². The predicted molar refractivity (Wildman–Crippen MR) is 119 cm³/mol. The fraction of sp³-hybridized carbons (Fsp3) is 0.333. The minimum atomic E-state index is -3.59. The van der Waals surface area contributed by atoms with Gasteiger partial charge >= 0.3 is 0 Å². The monoisotopic (exact) mass is 473 g/mol. The van der Waals surface area contributed by atoms with Crippen molar-refractivity contribution in [3.8, 4) is 0 Å². The summed E-state index contributed by atoms with van der Waals surface area (Å²) in [7, 11) is -3.59. The molecular weight excluding hydrogens is 450 g/mol. The molecule has 2 amide bonds. The summed E-state index contributed by atoms with van der Waals surface area (Å²) >= 11 is 0. The fourth-order valence-corrected chi connectivity index (χ4v) is 5.02. The molecule has 174 valence electrons. The van der Waals surface area contributed by atoms with Gasteiger partial charge < -0.3 is 5.32 Å². The Bertz CT molecular complexity index is 1190. The lowest BCUT2D eigenvalue weighted by molar-refractivity contribution is -0.384. The maximum Gasteiger partial charge on any atom is 0.293 e. The van der Waals surface area contributed by atoms with Crippen LogP contribution >= 0.6 is 0 Å². The molecule has 1 saturated carbocycles. The van der Waals surface area contributed by atoms with Gasteiger partial charge in [-0.05, 0) is 62.1 Å². The molecule has 0 unspecified atom stereocenters. The first-order chi connectivity index (χ1) is 15.8. The van der Waals surface area contributed by atoms with Gasteiger partial charge in [-0.25, -0.2) is 8.42 Å². The minimum Gasteiger partial charge on any atom is -0.377 e. The van der Waals surface area contributed by atoms with Crippen LogP contribution in [0.2, 0.25) is 0 Å². The van der Waals surface area contributed by atoms with Crippen LogP contribution in [-0.4, -0.2) is 48.6 Å². The van der Waals surface area contributed by atoms with E-state index in [1.165, 1.54) is 40.7 Å². The Morgan fingerprint density at radius 1 is 0.939 bits per heavy atom. The number of hydrogen-bond acceptors (Lipinski definition) is 7. The molecule has 2 aromatic carbocycles. The van der Waals surface area contributed by atoms with Crippen LogP contribution in [0.1, 0.15) is 46.4 Å². The van der Waals surface area contributed by atoms with Crippen LogP contribution in [0.5, 0.6) is 0 Å². The number of carbonyl (C=O) groups excluding carboxylic acids is 2. The molecule has 0 bridgehead atoms. The fourth-order valence-electron chi connectivity index (χ4n) is 3.51. The zero-order chi connectivity index (χ0) is 23.6. The Morgan fingerprint density at radius 2 is 1.52 bits per heavy atom. The summed E-state index contributed by atoms with van der Waals surface area (Å²) in [6.07, 6.45) is 3.53. The number of anilines is 1. The Labute approximate surface area is 190 Å². The van der Waals surface area contributed by atoms with Crippen LogP contribution in [-0.2, 0) is 10.0 Å². The zero-order valence-electron chi connectivity index (χ0n) is 17.6. The van der Waals surface area contributed by atoms with Gasteiger partial charge in [0, 0.05) is 36.3 Å². The second-order valence-electron chi connectivity index (χ2n) is 7.95. The Morgan fingerprint density at radius 3 is 2.09 bits per heavy atom. The first-order valence-corrected chi connectivity index (χ1v) is 12.0. The lowest BCUT2D eigenvalue weighted by atomic mass is 10.1. The molecule has 2 aliphatic rings. The number of hydrogen-bond donors (Lipinski definition) is 3. The van der Waals surface area contributed by atoms with Gasteiger partial charge in [-0.2, -0.15) is 4.31 Å². The summed E-state index contributed by atoms with van der Waals surface area (Å²) in [6.45, 7) is 0.957. The molecule has 3 N–H and O–H groups in total. The number of carbonyl (C=O) groups is 2. The Kier molecular flexibility index (Phi) is 6.29. The Balaban J connectivity index is 1.38. The van der Waals surface area contributed by atoms with Gasteiger partial charge in [-0.15, -0.1) is 0 Å². The summed E-state index contributed by atoms with van der Waals surface area (Å²) in [4.78, 5) is 35.6. The zero-order valence-corrected chi connectivity index (χ0v) is 18.4. The number of rotatable bonds is 7. The van der Waals surface area contributed by atoms with E-state index in [1.807, 2.05) is 0 Å². The second kappa shape index (κ2) is 9.16. The van der Waals surface area contributed by atoms with Crippen molar-refractivity contribution >= 4 is 33.2 Å². The van der Waals surface area contributed by atoms with E-state index in [-0.39, 0.29) is 27.8 Å². The van der Waals surface area contributed by atoms with Gasteiger partial charge in [0.15, 0.2) is 0 Å². The van der Waals surface area contributed by atoms with Crippen LogP contribution in [0.4, 0.5) is 11.4 Å². The van der Waals surface area contributed by atoms with E-state index in [9.17, 15) is 28.1 Å². The average Bonchev–Trinajstić information content (AvgIpc) is 3.44. The number of amides is 2. The van der Waals surface area contributed by atoms with E-state index in [4.69, 9.17) is 0 Å². The highest BCUT2D eigenvalue weighted by Crippen LogP contribution is 2.31. The third kappa shape index (κ3) is 5.12. The lowest BCUT2D eigenvalue weighted by Crippen LogP contribution is -2.41. The van der Waals surface area contributed by atoms with Crippen molar-refractivity contribution in [1.29, 1.82) is 0 Å². The van der Waals surface area contributed by atoms with Crippen LogP contribution < -0.4 is 16.2 Å². The highest BCUT2D eigenvalue weighted by molar-refractivity contribution is 7.89. The largest absolute Gasteiger partial charge is 0.377 e. The lowest BCUT2D eigenvalue weighted by Gasteiger charge is -2.15. The smallest absolute Gasteiger partial charge is 0.293 e. The van der Waals surface area contributed by atoms with E-state index < -0.39 is 26.8 Å². The summed E-state index contributed by atoms with van der Waals surface area (Å²) in [5.74, 6) is -1.38. The summed E-state index contributed by atoms with van der Waals surface area (Å²) in [5, 5.41) is 14.4. The summed E-state index contributed by atoms with van der Waals surface area (Å²) in [6, 6.07) is 9.65. The van der Waals surface area contributed by atoms with Crippen molar-refractivity contribution in [2.24, 2.45) is 0 Å². The molecule has 4 rings (SSSR count). The molecule has 0 spiro atoms. The van der Waals surface area contributed by atoms with Gasteiger partial charge in [0.2, 0.25) is 10.0 Å². The minimum absolute atomic E-state index is 0.00963. The summed E-state index contributed by atoms with van der Waals surface area (Å²) in [5.41, 5.74) is 4.72. The third-order valence-electron chi connectivity index (χ3n) is 5.50. The first-order valence-electron chi connectivity index (χ1n) is 10.5. The van der Waals surface area contributed by atoms with E-state index in [1.54, 1.807) is 0 Å². The van der Waals surface area contributed by atoms with Gasteiger partial charge in [0.25, 0.3) is 17.5 Å². The SMILES string of the molecule is O=C(NNC(=O)c1ccc(NC2CC2)c([N+](=O)[O-])c1)c1ccc(S(=O)(=O)N2CCCC2)cc1. The number of nitrogens with zero attached hydrogens (tertiary/aromatic N) is 2. The number of sulfonamides is 1. The summed E-state index contributed by atoms with van der Waals surface area (Å²) < 4.78 is 26.5. The molecule has 2 aromatic rings. The molecule has 1 heterocycles. The molecule has 0 atom stereocenters. The Hall–Kier alpha value is -3.51. The predicted octanol–water partition coefficient (Wildman–Crippen LogP) is 2.03.